The Morgan fingerprint density at radius 1 is 1.65 bits per heavy atom. The van der Waals surface area contributed by atoms with Crippen LogP contribution in [0.2, 0.25) is 5.15 Å². The van der Waals surface area contributed by atoms with Gasteiger partial charge in [-0.25, -0.2) is 4.98 Å². The van der Waals surface area contributed by atoms with Crippen molar-refractivity contribution in [2.24, 2.45) is 0 Å². The lowest BCUT2D eigenvalue weighted by molar-refractivity contribution is -0.384. The minimum atomic E-state index is -0.480. The number of nitrogens with one attached hydrogen (secondary N) is 1. The van der Waals surface area contributed by atoms with Crippen molar-refractivity contribution in [3.05, 3.63) is 27.4 Å². The van der Waals surface area contributed by atoms with Gasteiger partial charge in [-0.2, -0.15) is 0 Å². The molecule has 0 aromatic carbocycles. The fourth-order valence-electron chi connectivity index (χ4n) is 1.78. The van der Waals surface area contributed by atoms with Crippen LogP contribution in [0.5, 0.6) is 0 Å². The van der Waals surface area contributed by atoms with Crippen LogP contribution < -0.4 is 5.32 Å². The molecule has 0 radical (unpaired) electrons. The summed E-state index contributed by atoms with van der Waals surface area (Å²) in [6, 6.07) is 2.78. The minimum absolute atomic E-state index is 0.00962. The van der Waals surface area contributed by atoms with Crippen LogP contribution >= 0.6 is 11.6 Å². The molecule has 1 aliphatic rings. The third kappa shape index (κ3) is 2.65. The summed E-state index contributed by atoms with van der Waals surface area (Å²) in [6.07, 6.45) is 0.808. The summed E-state index contributed by atoms with van der Waals surface area (Å²) in [5, 5.41) is 14.1. The second kappa shape index (κ2) is 4.85. The van der Waals surface area contributed by atoms with E-state index in [9.17, 15) is 10.1 Å². The fraction of sp³-hybridized carbons (Fsp3) is 0.500. The van der Waals surface area contributed by atoms with Crippen LogP contribution in [0.3, 0.4) is 0 Å². The van der Waals surface area contributed by atoms with E-state index in [1.165, 1.54) is 12.1 Å². The monoisotopic (exact) mass is 257 g/mol. The summed E-state index contributed by atoms with van der Waals surface area (Å²) in [4.78, 5) is 14.3. The van der Waals surface area contributed by atoms with Gasteiger partial charge in [0.25, 0.3) is 0 Å². The van der Waals surface area contributed by atoms with Gasteiger partial charge in [-0.05, 0) is 19.4 Å². The Morgan fingerprint density at radius 3 is 3.00 bits per heavy atom. The molecular weight excluding hydrogens is 246 g/mol. The molecule has 1 saturated heterocycles. The minimum Gasteiger partial charge on any atom is -0.376 e. The molecule has 1 aliphatic heterocycles. The standard InChI is InChI=1S/C10H12ClN3O3/c1-6-7(4-5-17-6)12-10-8(14(15)16)2-3-9(11)13-10/h2-3,6-7H,4-5H2,1H3,(H,12,13). The third-order valence-corrected chi connectivity index (χ3v) is 2.95. The lowest BCUT2D eigenvalue weighted by atomic mass is 10.1. The molecule has 1 aromatic heterocycles. The van der Waals surface area contributed by atoms with Crippen molar-refractivity contribution < 1.29 is 9.66 Å². The Kier molecular flexibility index (Phi) is 3.44. The number of nitrogens with zero attached hydrogens (tertiary/aromatic N) is 2. The number of hydrogen-bond donors (Lipinski definition) is 1. The van der Waals surface area contributed by atoms with Gasteiger partial charge < -0.3 is 10.1 Å². The van der Waals surface area contributed by atoms with Crippen LogP contribution in [-0.2, 0) is 4.74 Å². The molecule has 17 heavy (non-hydrogen) atoms. The van der Waals surface area contributed by atoms with Crippen molar-refractivity contribution in [2.75, 3.05) is 11.9 Å². The maximum Gasteiger partial charge on any atom is 0.311 e. The zero-order valence-corrected chi connectivity index (χ0v) is 9.98. The van der Waals surface area contributed by atoms with Gasteiger partial charge >= 0.3 is 5.69 Å². The molecule has 0 bridgehead atoms. The van der Waals surface area contributed by atoms with Gasteiger partial charge in [-0.15, -0.1) is 0 Å². The summed E-state index contributed by atoms with van der Waals surface area (Å²) >= 11 is 5.74. The highest BCUT2D eigenvalue weighted by atomic mass is 35.5. The highest BCUT2D eigenvalue weighted by Gasteiger charge is 2.27. The van der Waals surface area contributed by atoms with Crippen molar-refractivity contribution in [3.63, 3.8) is 0 Å². The third-order valence-electron chi connectivity index (χ3n) is 2.74. The van der Waals surface area contributed by atoms with Gasteiger partial charge in [-0.1, -0.05) is 11.6 Å². The normalized spacial score (nSPS) is 23.6. The summed E-state index contributed by atoms with van der Waals surface area (Å²) in [5.41, 5.74) is -0.0755. The maximum atomic E-state index is 10.8. The van der Waals surface area contributed by atoms with Crippen LogP contribution in [-0.4, -0.2) is 28.7 Å². The summed E-state index contributed by atoms with van der Waals surface area (Å²) in [6.45, 7) is 2.56. The molecule has 1 aromatic rings. The first kappa shape index (κ1) is 12.1. The Balaban J connectivity index is 2.24. The average molecular weight is 258 g/mol. The summed E-state index contributed by atoms with van der Waals surface area (Å²) in [5.74, 6) is 0.199. The molecule has 0 spiro atoms. The molecule has 1 N–H and O–H groups in total. The molecule has 0 saturated carbocycles. The van der Waals surface area contributed by atoms with Gasteiger partial charge in [0.2, 0.25) is 5.82 Å². The number of rotatable bonds is 3. The second-order valence-electron chi connectivity index (χ2n) is 3.87. The number of pyridine rings is 1. The number of hydrogen-bond acceptors (Lipinski definition) is 5. The number of nitro groups is 1. The average Bonchev–Trinajstić information content (AvgIpc) is 2.64. The van der Waals surface area contributed by atoms with E-state index >= 15 is 0 Å². The number of anilines is 1. The molecule has 2 unspecified atom stereocenters. The Hall–Kier alpha value is -1.40. The molecule has 2 atom stereocenters. The van der Waals surface area contributed by atoms with Crippen molar-refractivity contribution in [1.29, 1.82) is 0 Å². The molecule has 2 heterocycles. The Morgan fingerprint density at radius 2 is 2.41 bits per heavy atom. The summed E-state index contributed by atoms with van der Waals surface area (Å²) < 4.78 is 5.38. The topological polar surface area (TPSA) is 77.3 Å². The fourth-order valence-corrected chi connectivity index (χ4v) is 1.93. The first-order valence-electron chi connectivity index (χ1n) is 5.27. The molecule has 1 fully saturated rings. The van der Waals surface area contributed by atoms with Crippen LogP contribution in [0.1, 0.15) is 13.3 Å². The van der Waals surface area contributed by atoms with E-state index in [1.54, 1.807) is 0 Å². The molecule has 92 valence electrons. The van der Waals surface area contributed by atoms with Gasteiger partial charge in [-0.3, -0.25) is 10.1 Å². The number of halogens is 1. The van der Waals surface area contributed by atoms with Crippen molar-refractivity contribution in [1.82, 2.24) is 4.98 Å². The Bertz CT molecular complexity index is 441. The summed E-state index contributed by atoms with van der Waals surface area (Å²) in [7, 11) is 0. The molecule has 6 nitrogen and oxygen atoms in total. The number of ether oxygens (including phenoxy) is 1. The van der Waals surface area contributed by atoms with E-state index in [1.807, 2.05) is 6.92 Å². The van der Waals surface area contributed by atoms with E-state index in [0.29, 0.717) is 6.61 Å². The highest BCUT2D eigenvalue weighted by molar-refractivity contribution is 6.29. The van der Waals surface area contributed by atoms with Crippen molar-refractivity contribution in [3.8, 4) is 0 Å². The molecule has 0 aliphatic carbocycles. The quantitative estimate of drug-likeness (QED) is 0.510. The van der Waals surface area contributed by atoms with Crippen LogP contribution in [0, 0.1) is 10.1 Å². The zero-order valence-electron chi connectivity index (χ0n) is 9.22. The van der Waals surface area contributed by atoms with E-state index in [0.717, 1.165) is 6.42 Å². The van der Waals surface area contributed by atoms with Crippen LogP contribution in [0.4, 0.5) is 11.5 Å². The lowest BCUT2D eigenvalue weighted by Gasteiger charge is -2.16. The predicted molar refractivity (Wildman–Crippen MR) is 63.3 cm³/mol. The number of aromatic nitrogens is 1. The molecule has 0 amide bonds. The maximum absolute atomic E-state index is 10.8. The van der Waals surface area contributed by atoms with Crippen molar-refractivity contribution in [2.45, 2.75) is 25.5 Å². The largest absolute Gasteiger partial charge is 0.376 e. The smallest absolute Gasteiger partial charge is 0.311 e. The molecular formula is C10H12ClN3O3. The zero-order chi connectivity index (χ0) is 12.4. The molecule has 7 heteroatoms. The SMILES string of the molecule is CC1OCCC1Nc1nc(Cl)ccc1[N+](=O)[O-]. The van der Waals surface area contributed by atoms with E-state index < -0.39 is 4.92 Å². The Labute approximate surface area is 103 Å². The van der Waals surface area contributed by atoms with Crippen LogP contribution in [0.15, 0.2) is 12.1 Å². The lowest BCUT2D eigenvalue weighted by Crippen LogP contribution is -2.27. The molecule has 2 rings (SSSR count). The predicted octanol–water partition coefficient (Wildman–Crippen LogP) is 2.23. The highest BCUT2D eigenvalue weighted by Crippen LogP contribution is 2.27. The van der Waals surface area contributed by atoms with Gasteiger partial charge in [0.1, 0.15) is 5.15 Å². The first-order chi connectivity index (χ1) is 8.08. The van der Waals surface area contributed by atoms with E-state index in [-0.39, 0.29) is 28.8 Å². The van der Waals surface area contributed by atoms with Crippen LogP contribution in [0.25, 0.3) is 0 Å². The van der Waals surface area contributed by atoms with Gasteiger partial charge in [0.05, 0.1) is 17.1 Å². The van der Waals surface area contributed by atoms with Crippen molar-refractivity contribution >= 4 is 23.1 Å². The van der Waals surface area contributed by atoms with Gasteiger partial charge in [0, 0.05) is 12.7 Å². The first-order valence-corrected chi connectivity index (χ1v) is 5.65. The van der Waals surface area contributed by atoms with E-state index in [4.69, 9.17) is 16.3 Å². The van der Waals surface area contributed by atoms with Gasteiger partial charge in [0.15, 0.2) is 0 Å². The van der Waals surface area contributed by atoms with E-state index in [2.05, 4.69) is 10.3 Å². The second-order valence-corrected chi connectivity index (χ2v) is 4.26.